The highest BCUT2D eigenvalue weighted by Gasteiger charge is 2.65. The van der Waals surface area contributed by atoms with Crippen molar-refractivity contribution in [3.8, 4) is 16.9 Å². The predicted octanol–water partition coefficient (Wildman–Crippen LogP) is 9.23. The molecule has 1 aliphatic rings. The number of rotatable bonds is 9. The van der Waals surface area contributed by atoms with Crippen molar-refractivity contribution >= 4 is 0 Å². The lowest BCUT2D eigenvalue weighted by Gasteiger charge is -2.36. The minimum Gasteiger partial charge on any atom is -0.489 e. The van der Waals surface area contributed by atoms with Gasteiger partial charge in [-0.2, -0.15) is 17.6 Å². The molecule has 8 heteroatoms. The summed E-state index contributed by atoms with van der Waals surface area (Å²) in [6.45, 7) is 3.15. The van der Waals surface area contributed by atoms with Gasteiger partial charge in [-0.1, -0.05) is 63.4 Å². The van der Waals surface area contributed by atoms with Crippen LogP contribution in [0.3, 0.4) is 0 Å². The van der Waals surface area contributed by atoms with Crippen LogP contribution in [0.1, 0.15) is 67.3 Å². The summed E-state index contributed by atoms with van der Waals surface area (Å²) in [6, 6.07) is 8.72. The largest absolute Gasteiger partial charge is 0.489 e. The van der Waals surface area contributed by atoms with E-state index in [0.29, 0.717) is 18.4 Å². The maximum absolute atomic E-state index is 15.3. The third kappa shape index (κ3) is 4.71. The van der Waals surface area contributed by atoms with Gasteiger partial charge in [0.2, 0.25) is 0 Å². The van der Waals surface area contributed by atoms with Crippen molar-refractivity contribution in [1.29, 1.82) is 0 Å². The Labute approximate surface area is 211 Å². The first-order valence-corrected chi connectivity index (χ1v) is 12.3. The van der Waals surface area contributed by atoms with Gasteiger partial charge in [0.15, 0.2) is 0 Å². The second kappa shape index (κ2) is 10.4. The highest BCUT2D eigenvalue weighted by molar-refractivity contribution is 5.77. The highest BCUT2D eigenvalue weighted by atomic mass is 19.3. The van der Waals surface area contributed by atoms with Crippen LogP contribution < -0.4 is 4.74 Å². The van der Waals surface area contributed by atoms with E-state index in [-0.39, 0.29) is 17.7 Å². The summed E-state index contributed by atoms with van der Waals surface area (Å²) in [5.74, 6) is -13.4. The van der Waals surface area contributed by atoms with Crippen molar-refractivity contribution in [2.24, 2.45) is 0 Å². The molecule has 0 saturated carbocycles. The van der Waals surface area contributed by atoms with Crippen LogP contribution in [0.15, 0.2) is 42.5 Å². The Morgan fingerprint density at radius 2 is 1.22 bits per heavy atom. The van der Waals surface area contributed by atoms with Gasteiger partial charge in [0.25, 0.3) is 0 Å². The summed E-state index contributed by atoms with van der Waals surface area (Å²) in [5, 5.41) is 0. The number of unbranched alkanes of at least 4 members (excludes halogenated alkanes) is 2. The van der Waals surface area contributed by atoms with Gasteiger partial charge in [0.05, 0.1) is 11.1 Å². The minimum absolute atomic E-state index is 0.0434. The Bertz CT molecular complexity index is 1300. The third-order valence-corrected chi connectivity index (χ3v) is 6.74. The van der Waals surface area contributed by atoms with E-state index in [1.807, 2.05) is 6.92 Å². The Balaban J connectivity index is 1.67. The first-order chi connectivity index (χ1) is 17.5. The lowest BCUT2D eigenvalue weighted by molar-refractivity contribution is -0.227. The molecule has 0 unspecified atom stereocenters. The van der Waals surface area contributed by atoms with E-state index in [1.165, 1.54) is 18.2 Å². The van der Waals surface area contributed by atoms with Crippen molar-refractivity contribution < 1.29 is 35.5 Å². The molecule has 3 aromatic carbocycles. The molecule has 0 N–H and O–H groups in total. The lowest BCUT2D eigenvalue weighted by Crippen LogP contribution is -2.41. The third-order valence-electron chi connectivity index (χ3n) is 6.74. The second-order valence-corrected chi connectivity index (χ2v) is 9.32. The Hall–Kier alpha value is -3.03. The fraction of sp³-hybridized carbons (Fsp3) is 0.379. The van der Waals surface area contributed by atoms with Gasteiger partial charge in [-0.25, -0.2) is 13.2 Å². The van der Waals surface area contributed by atoms with Crippen LogP contribution in [0.5, 0.6) is 5.75 Å². The summed E-state index contributed by atoms with van der Waals surface area (Å²) in [7, 11) is 0. The average Bonchev–Trinajstić information content (AvgIpc) is 2.84. The molecule has 0 radical (unpaired) electrons. The van der Waals surface area contributed by atoms with Gasteiger partial charge < -0.3 is 4.74 Å². The second-order valence-electron chi connectivity index (χ2n) is 9.32. The maximum Gasteiger partial charge on any atom is 0.343 e. The topological polar surface area (TPSA) is 9.23 Å². The van der Waals surface area contributed by atoms with Crippen LogP contribution in [-0.4, -0.2) is 0 Å². The maximum atomic E-state index is 15.3. The van der Waals surface area contributed by atoms with Crippen molar-refractivity contribution in [1.82, 2.24) is 0 Å². The van der Waals surface area contributed by atoms with Gasteiger partial charge in [-0.15, -0.1) is 0 Å². The Morgan fingerprint density at radius 1 is 0.649 bits per heavy atom. The first-order valence-electron chi connectivity index (χ1n) is 12.3. The molecule has 198 valence electrons. The highest BCUT2D eigenvalue weighted by Crippen LogP contribution is 2.59. The number of alkyl halides is 4. The van der Waals surface area contributed by atoms with Gasteiger partial charge >= 0.3 is 11.8 Å². The van der Waals surface area contributed by atoms with Crippen molar-refractivity contribution in [2.75, 3.05) is 0 Å². The number of fused-ring (bicyclic) bond motifs is 3. The van der Waals surface area contributed by atoms with E-state index in [1.54, 1.807) is 6.92 Å². The molecule has 1 nitrogen and oxygen atoms in total. The number of aryl methyl sites for hydroxylation is 2. The number of benzene rings is 3. The molecule has 0 aromatic heterocycles. The standard InChI is InChI=1S/C29H27F7O/c1-3-5-6-8-17-9-12-20(15-23(17)30)37-16-19-11-14-22-21-13-10-18(7-4-2)26(31)24(21)28(33,34)29(35,36)25(22)27(19)32/h9-15H,3-8,16H2,1-2H3. The van der Waals surface area contributed by atoms with Gasteiger partial charge in [-0.05, 0) is 47.6 Å². The molecule has 0 atom stereocenters. The van der Waals surface area contributed by atoms with E-state index in [9.17, 15) is 8.78 Å². The summed E-state index contributed by atoms with van der Waals surface area (Å²) < 4.78 is 110. The predicted molar refractivity (Wildman–Crippen MR) is 128 cm³/mol. The van der Waals surface area contributed by atoms with E-state index in [2.05, 4.69) is 0 Å². The summed E-state index contributed by atoms with van der Waals surface area (Å²) in [5.41, 5.74) is -3.93. The molecule has 0 aliphatic heterocycles. The summed E-state index contributed by atoms with van der Waals surface area (Å²) in [4.78, 5) is 0. The minimum atomic E-state index is -5.01. The number of halogens is 7. The fourth-order valence-corrected chi connectivity index (χ4v) is 4.74. The van der Waals surface area contributed by atoms with Crippen molar-refractivity contribution in [2.45, 2.75) is 70.8 Å². The van der Waals surface area contributed by atoms with Crippen LogP contribution >= 0.6 is 0 Å². The lowest BCUT2D eigenvalue weighted by atomic mass is 9.78. The number of ether oxygens (including phenoxy) is 1. The van der Waals surface area contributed by atoms with E-state index < -0.39 is 63.7 Å². The van der Waals surface area contributed by atoms with Gasteiger partial charge in [-0.3, -0.25) is 0 Å². The molecule has 0 amide bonds. The first kappa shape index (κ1) is 27.0. The quantitative estimate of drug-likeness (QED) is 0.200. The molecule has 0 fully saturated rings. The molecule has 0 saturated heterocycles. The number of hydrogen-bond donors (Lipinski definition) is 0. The summed E-state index contributed by atoms with van der Waals surface area (Å²) >= 11 is 0. The Kier molecular flexibility index (Phi) is 7.58. The zero-order valence-corrected chi connectivity index (χ0v) is 20.5. The molecule has 1 aliphatic carbocycles. The van der Waals surface area contributed by atoms with Crippen LogP contribution in [0, 0.1) is 17.5 Å². The molecule has 0 spiro atoms. The normalized spacial score (nSPS) is 15.3. The average molecular weight is 525 g/mol. The van der Waals surface area contributed by atoms with Crippen LogP contribution in [0.2, 0.25) is 0 Å². The number of hydrogen-bond acceptors (Lipinski definition) is 1. The molecular weight excluding hydrogens is 497 g/mol. The zero-order chi connectivity index (χ0) is 27.0. The van der Waals surface area contributed by atoms with Gasteiger partial charge in [0.1, 0.15) is 29.8 Å². The summed E-state index contributed by atoms with van der Waals surface area (Å²) in [6.07, 6.45) is 3.83. The van der Waals surface area contributed by atoms with Crippen LogP contribution in [0.25, 0.3) is 11.1 Å². The van der Waals surface area contributed by atoms with E-state index in [4.69, 9.17) is 4.74 Å². The molecular formula is C29H27F7O. The van der Waals surface area contributed by atoms with Gasteiger partial charge in [0, 0.05) is 11.6 Å². The SMILES string of the molecule is CCCCCc1ccc(OCc2ccc3c(c2F)C(F)(F)C(F)(F)c2c-3ccc(CCC)c2F)cc1F. The Morgan fingerprint density at radius 3 is 1.78 bits per heavy atom. The molecule has 37 heavy (non-hydrogen) atoms. The van der Waals surface area contributed by atoms with E-state index in [0.717, 1.165) is 43.5 Å². The zero-order valence-electron chi connectivity index (χ0n) is 20.5. The molecule has 0 bridgehead atoms. The van der Waals surface area contributed by atoms with Crippen molar-refractivity contribution in [3.63, 3.8) is 0 Å². The van der Waals surface area contributed by atoms with E-state index >= 15 is 22.0 Å². The van der Waals surface area contributed by atoms with Crippen LogP contribution in [-0.2, 0) is 31.3 Å². The molecule has 0 heterocycles. The fourth-order valence-electron chi connectivity index (χ4n) is 4.74. The van der Waals surface area contributed by atoms with Crippen molar-refractivity contribution in [3.05, 3.63) is 87.7 Å². The monoisotopic (exact) mass is 524 g/mol. The smallest absolute Gasteiger partial charge is 0.343 e. The van der Waals surface area contributed by atoms with Crippen LogP contribution in [0.4, 0.5) is 30.7 Å². The molecule has 3 aromatic rings. The molecule has 4 rings (SSSR count).